The molecule has 2 aromatic heterocycles. The summed E-state index contributed by atoms with van der Waals surface area (Å²) in [4.78, 5) is 32.1. The summed E-state index contributed by atoms with van der Waals surface area (Å²) in [5.74, 6) is -0.151. The standard InChI is InChI=1S/C33H25N3O2/c37-32(35-21-22-8-3-1-4-9-22)26-17-18-29-28(20-26)30(31(36-29)27-12-7-19-34-33(27)38)25-15-13-24(14-16-25)23-10-5-2-6-11-23/h1-20,36H,21H2,(H,34,38)(H,35,37). The average molecular weight is 496 g/mol. The Bertz CT molecular complexity index is 1780. The first kappa shape index (κ1) is 23.3. The van der Waals surface area contributed by atoms with Crippen molar-refractivity contribution in [2.75, 3.05) is 0 Å². The summed E-state index contributed by atoms with van der Waals surface area (Å²) < 4.78 is 0. The second-order valence-corrected chi connectivity index (χ2v) is 9.16. The van der Waals surface area contributed by atoms with Crippen LogP contribution in [0.5, 0.6) is 0 Å². The molecule has 0 saturated heterocycles. The predicted molar refractivity (Wildman–Crippen MR) is 153 cm³/mol. The molecule has 0 radical (unpaired) electrons. The van der Waals surface area contributed by atoms with Gasteiger partial charge >= 0.3 is 0 Å². The largest absolute Gasteiger partial charge is 0.354 e. The van der Waals surface area contributed by atoms with Crippen LogP contribution in [0.2, 0.25) is 0 Å². The van der Waals surface area contributed by atoms with Crippen molar-refractivity contribution in [3.63, 3.8) is 0 Å². The highest BCUT2D eigenvalue weighted by Crippen LogP contribution is 2.38. The van der Waals surface area contributed by atoms with Gasteiger partial charge in [0.25, 0.3) is 11.5 Å². The predicted octanol–water partition coefficient (Wildman–Crippen LogP) is 6.79. The monoisotopic (exact) mass is 495 g/mol. The average Bonchev–Trinajstić information content (AvgIpc) is 3.36. The van der Waals surface area contributed by atoms with Gasteiger partial charge in [0.1, 0.15) is 0 Å². The normalized spacial score (nSPS) is 10.9. The lowest BCUT2D eigenvalue weighted by Crippen LogP contribution is -2.22. The van der Waals surface area contributed by atoms with Crippen molar-refractivity contribution in [1.29, 1.82) is 0 Å². The highest BCUT2D eigenvalue weighted by atomic mass is 16.1. The molecule has 0 bridgehead atoms. The quantitative estimate of drug-likeness (QED) is 0.238. The number of pyridine rings is 1. The van der Waals surface area contributed by atoms with Gasteiger partial charge in [-0.1, -0.05) is 84.9 Å². The van der Waals surface area contributed by atoms with Gasteiger partial charge in [0.05, 0.1) is 11.3 Å². The van der Waals surface area contributed by atoms with Crippen molar-refractivity contribution in [2.24, 2.45) is 0 Å². The fraction of sp³-hybridized carbons (Fsp3) is 0.0303. The molecule has 0 aliphatic heterocycles. The summed E-state index contributed by atoms with van der Waals surface area (Å²) in [5, 5.41) is 3.89. The van der Waals surface area contributed by atoms with Crippen LogP contribution in [0.1, 0.15) is 15.9 Å². The molecule has 0 spiro atoms. The van der Waals surface area contributed by atoms with Gasteiger partial charge in [-0.25, -0.2) is 0 Å². The smallest absolute Gasteiger partial charge is 0.257 e. The number of benzene rings is 4. The molecule has 38 heavy (non-hydrogen) atoms. The van der Waals surface area contributed by atoms with Crippen LogP contribution in [0.4, 0.5) is 0 Å². The van der Waals surface area contributed by atoms with E-state index in [0.29, 0.717) is 17.7 Å². The second kappa shape index (κ2) is 10.1. The molecule has 0 unspecified atom stereocenters. The van der Waals surface area contributed by atoms with Crippen molar-refractivity contribution in [3.8, 4) is 33.5 Å². The highest BCUT2D eigenvalue weighted by Gasteiger charge is 2.19. The Morgan fingerprint density at radius 2 is 1.39 bits per heavy atom. The number of rotatable bonds is 6. The van der Waals surface area contributed by atoms with Crippen LogP contribution < -0.4 is 10.9 Å². The van der Waals surface area contributed by atoms with Crippen molar-refractivity contribution in [2.45, 2.75) is 6.54 Å². The van der Waals surface area contributed by atoms with Crippen LogP contribution in [-0.4, -0.2) is 15.9 Å². The minimum atomic E-state index is -0.179. The third-order valence-corrected chi connectivity index (χ3v) is 6.72. The van der Waals surface area contributed by atoms with Gasteiger partial charge in [-0.05, 0) is 52.6 Å². The number of carbonyl (C=O) groups excluding carboxylic acids is 1. The molecule has 0 aliphatic rings. The van der Waals surface area contributed by atoms with Gasteiger partial charge in [0, 0.05) is 34.8 Å². The van der Waals surface area contributed by atoms with Crippen LogP contribution in [0.15, 0.2) is 126 Å². The van der Waals surface area contributed by atoms with E-state index in [-0.39, 0.29) is 11.5 Å². The number of nitrogens with one attached hydrogen (secondary N) is 3. The minimum Gasteiger partial charge on any atom is -0.354 e. The van der Waals surface area contributed by atoms with Gasteiger partial charge in [0.2, 0.25) is 0 Å². The maximum absolute atomic E-state index is 13.1. The van der Waals surface area contributed by atoms with Crippen LogP contribution in [0.25, 0.3) is 44.4 Å². The van der Waals surface area contributed by atoms with E-state index < -0.39 is 0 Å². The van der Waals surface area contributed by atoms with Crippen LogP contribution in [0.3, 0.4) is 0 Å². The van der Waals surface area contributed by atoms with E-state index in [4.69, 9.17) is 0 Å². The number of carbonyl (C=O) groups is 1. The summed E-state index contributed by atoms with van der Waals surface area (Å²) >= 11 is 0. The summed E-state index contributed by atoms with van der Waals surface area (Å²) in [6, 6.07) is 37.5. The number of amides is 1. The molecule has 5 nitrogen and oxygen atoms in total. The zero-order chi connectivity index (χ0) is 25.9. The molecule has 184 valence electrons. The van der Waals surface area contributed by atoms with E-state index in [1.54, 1.807) is 18.3 Å². The lowest BCUT2D eigenvalue weighted by Gasteiger charge is -2.09. The first-order chi connectivity index (χ1) is 18.7. The van der Waals surface area contributed by atoms with E-state index in [1.807, 2.05) is 66.7 Å². The van der Waals surface area contributed by atoms with Crippen LogP contribution in [0, 0.1) is 0 Å². The van der Waals surface area contributed by atoms with Crippen molar-refractivity contribution < 1.29 is 4.79 Å². The molecule has 5 heteroatoms. The van der Waals surface area contributed by atoms with Crippen LogP contribution in [-0.2, 0) is 6.54 Å². The summed E-state index contributed by atoms with van der Waals surface area (Å²) in [6.07, 6.45) is 1.62. The Morgan fingerprint density at radius 1 is 0.711 bits per heavy atom. The summed E-state index contributed by atoms with van der Waals surface area (Å²) in [6.45, 7) is 0.448. The maximum Gasteiger partial charge on any atom is 0.257 e. The van der Waals surface area contributed by atoms with E-state index in [0.717, 1.165) is 44.4 Å². The third kappa shape index (κ3) is 4.53. The van der Waals surface area contributed by atoms with Gasteiger partial charge in [-0.2, -0.15) is 0 Å². The molecular formula is C33H25N3O2. The van der Waals surface area contributed by atoms with E-state index in [1.165, 1.54) is 0 Å². The van der Waals surface area contributed by atoms with Gasteiger partial charge in [-0.3, -0.25) is 9.59 Å². The van der Waals surface area contributed by atoms with Crippen molar-refractivity contribution in [1.82, 2.24) is 15.3 Å². The molecular weight excluding hydrogens is 470 g/mol. The number of fused-ring (bicyclic) bond motifs is 1. The topological polar surface area (TPSA) is 77.8 Å². The van der Waals surface area contributed by atoms with Gasteiger partial charge < -0.3 is 15.3 Å². The molecule has 0 aliphatic carbocycles. The molecule has 6 rings (SSSR count). The Balaban J connectivity index is 1.44. The van der Waals surface area contributed by atoms with Crippen molar-refractivity contribution >= 4 is 16.8 Å². The first-order valence-electron chi connectivity index (χ1n) is 12.5. The Labute approximate surface area is 219 Å². The Hall–Kier alpha value is -5.16. The van der Waals surface area contributed by atoms with E-state index >= 15 is 0 Å². The number of hydrogen-bond donors (Lipinski definition) is 3. The molecule has 4 aromatic carbocycles. The van der Waals surface area contributed by atoms with Gasteiger partial charge in [-0.15, -0.1) is 0 Å². The van der Waals surface area contributed by atoms with E-state index in [9.17, 15) is 9.59 Å². The second-order valence-electron chi connectivity index (χ2n) is 9.16. The molecule has 0 atom stereocenters. The first-order valence-corrected chi connectivity index (χ1v) is 12.5. The number of H-pyrrole nitrogens is 2. The molecule has 0 fully saturated rings. The molecule has 0 saturated carbocycles. The molecule has 2 heterocycles. The number of aromatic amines is 2. The summed E-state index contributed by atoms with van der Waals surface area (Å²) in [5.41, 5.74) is 7.61. The van der Waals surface area contributed by atoms with Crippen molar-refractivity contribution in [3.05, 3.63) is 143 Å². The molecule has 6 aromatic rings. The molecule has 3 N–H and O–H groups in total. The highest BCUT2D eigenvalue weighted by molar-refractivity contribution is 6.07. The zero-order valence-electron chi connectivity index (χ0n) is 20.6. The fourth-order valence-corrected chi connectivity index (χ4v) is 4.79. The summed E-state index contributed by atoms with van der Waals surface area (Å²) in [7, 11) is 0. The van der Waals surface area contributed by atoms with Gasteiger partial charge in [0.15, 0.2) is 0 Å². The fourth-order valence-electron chi connectivity index (χ4n) is 4.79. The Morgan fingerprint density at radius 3 is 2.13 bits per heavy atom. The SMILES string of the molecule is O=C(NCc1ccccc1)c1ccc2[nH]c(-c3ccc[nH]c3=O)c(-c3ccc(-c4ccccc4)cc3)c2c1. The van der Waals surface area contributed by atoms with E-state index in [2.05, 4.69) is 51.7 Å². The van der Waals surface area contributed by atoms with Crippen LogP contribution >= 0.6 is 0 Å². The maximum atomic E-state index is 13.1. The zero-order valence-corrected chi connectivity index (χ0v) is 20.6. The minimum absolute atomic E-state index is 0.151. The lowest BCUT2D eigenvalue weighted by molar-refractivity contribution is 0.0951. The third-order valence-electron chi connectivity index (χ3n) is 6.72. The number of aromatic nitrogens is 2. The lowest BCUT2D eigenvalue weighted by atomic mass is 9.96. The number of hydrogen-bond acceptors (Lipinski definition) is 2. The Kier molecular flexibility index (Phi) is 6.16. The molecule has 1 amide bonds.